The van der Waals surface area contributed by atoms with Crippen LogP contribution in [0.25, 0.3) is 0 Å². The molecule has 0 bridgehead atoms. The molecule has 1 aliphatic heterocycles. The fourth-order valence-electron chi connectivity index (χ4n) is 1.70. The molecule has 2 amide bonds. The molecule has 0 aliphatic carbocycles. The molecule has 0 aromatic rings. The molecule has 0 radical (unpaired) electrons. The molecule has 0 aromatic heterocycles. The molecule has 96 valence electrons. The van der Waals surface area contributed by atoms with E-state index in [2.05, 4.69) is 0 Å². The van der Waals surface area contributed by atoms with Crippen molar-refractivity contribution >= 4 is 18.0 Å². The number of aliphatic carboxylic acids is 1. The number of hydrogen-bond acceptors (Lipinski definition) is 4. The van der Waals surface area contributed by atoms with Crippen molar-refractivity contribution in [1.29, 1.82) is 0 Å². The number of hydrogen-bond donors (Lipinski definition) is 1. The first kappa shape index (κ1) is 13.5. The number of carboxylic acid groups (broad SMARTS) is 1. The second-order valence-electron chi connectivity index (χ2n) is 5.03. The molecule has 1 heterocycles. The van der Waals surface area contributed by atoms with Crippen molar-refractivity contribution in [2.24, 2.45) is 0 Å². The quantitative estimate of drug-likeness (QED) is 0.792. The minimum Gasteiger partial charge on any atom is -0.481 e. The number of nitrogens with zero attached hydrogens (tertiary/aromatic N) is 1. The Morgan fingerprint density at radius 1 is 1.47 bits per heavy atom. The Hall–Kier alpha value is -1.59. The average molecular weight is 243 g/mol. The van der Waals surface area contributed by atoms with E-state index in [-0.39, 0.29) is 18.7 Å². The van der Waals surface area contributed by atoms with Crippen molar-refractivity contribution in [3.05, 3.63) is 0 Å². The number of likely N-dealkylation sites (tertiary alicyclic amines) is 1. The maximum atomic E-state index is 11.8. The van der Waals surface area contributed by atoms with Gasteiger partial charge in [-0.25, -0.2) is 9.69 Å². The van der Waals surface area contributed by atoms with E-state index in [1.807, 2.05) is 0 Å². The third kappa shape index (κ3) is 3.72. The summed E-state index contributed by atoms with van der Waals surface area (Å²) in [7, 11) is 0. The first-order chi connectivity index (χ1) is 7.70. The molecule has 1 N–H and O–H groups in total. The van der Waals surface area contributed by atoms with Crippen molar-refractivity contribution in [2.75, 3.05) is 0 Å². The number of carbonyl (C=O) groups is 3. The number of carboxylic acids is 1. The van der Waals surface area contributed by atoms with E-state index in [0.29, 0.717) is 6.42 Å². The van der Waals surface area contributed by atoms with Crippen LogP contribution < -0.4 is 0 Å². The van der Waals surface area contributed by atoms with Crippen molar-refractivity contribution in [3.63, 3.8) is 0 Å². The highest BCUT2D eigenvalue weighted by Crippen LogP contribution is 2.24. The van der Waals surface area contributed by atoms with Gasteiger partial charge in [-0.15, -0.1) is 0 Å². The van der Waals surface area contributed by atoms with Crippen LogP contribution in [0, 0.1) is 0 Å². The van der Waals surface area contributed by atoms with Gasteiger partial charge in [-0.2, -0.15) is 0 Å². The summed E-state index contributed by atoms with van der Waals surface area (Å²) >= 11 is 0. The zero-order chi connectivity index (χ0) is 13.2. The topological polar surface area (TPSA) is 83.9 Å². The Labute approximate surface area is 99.5 Å². The molecule has 0 spiro atoms. The molecule has 17 heavy (non-hydrogen) atoms. The molecule has 1 unspecified atom stereocenters. The van der Waals surface area contributed by atoms with Gasteiger partial charge in [0.2, 0.25) is 5.91 Å². The van der Waals surface area contributed by atoms with Crippen molar-refractivity contribution in [3.8, 4) is 0 Å². The summed E-state index contributed by atoms with van der Waals surface area (Å²) in [5.74, 6) is -1.40. The van der Waals surface area contributed by atoms with Crippen LogP contribution in [0.1, 0.15) is 40.0 Å². The maximum absolute atomic E-state index is 11.8. The van der Waals surface area contributed by atoms with Crippen molar-refractivity contribution in [2.45, 2.75) is 51.7 Å². The highest BCUT2D eigenvalue weighted by atomic mass is 16.6. The molecule has 0 aromatic carbocycles. The summed E-state index contributed by atoms with van der Waals surface area (Å²) in [4.78, 5) is 34.8. The first-order valence-corrected chi connectivity index (χ1v) is 5.47. The van der Waals surface area contributed by atoms with E-state index >= 15 is 0 Å². The third-order valence-electron chi connectivity index (χ3n) is 2.33. The minimum absolute atomic E-state index is 0.192. The van der Waals surface area contributed by atoms with Crippen LogP contribution in [-0.4, -0.2) is 39.6 Å². The lowest BCUT2D eigenvalue weighted by Crippen LogP contribution is -2.42. The smallest absolute Gasteiger partial charge is 0.417 e. The SMILES string of the molecule is CC(C)(C)OC(=O)N1C(=O)CCC1CC(=O)O. The highest BCUT2D eigenvalue weighted by molar-refractivity contribution is 5.94. The van der Waals surface area contributed by atoms with Gasteiger partial charge in [0, 0.05) is 6.42 Å². The largest absolute Gasteiger partial charge is 0.481 e. The van der Waals surface area contributed by atoms with E-state index in [0.717, 1.165) is 4.90 Å². The van der Waals surface area contributed by atoms with E-state index in [9.17, 15) is 14.4 Å². The summed E-state index contributed by atoms with van der Waals surface area (Å²) in [6.45, 7) is 5.08. The standard InChI is InChI=1S/C11H17NO5/c1-11(2,3)17-10(16)12-7(6-9(14)15)4-5-8(12)13/h7H,4-6H2,1-3H3,(H,14,15). The fourth-order valence-corrected chi connectivity index (χ4v) is 1.70. The van der Waals surface area contributed by atoms with Gasteiger partial charge in [0.25, 0.3) is 0 Å². The van der Waals surface area contributed by atoms with Gasteiger partial charge < -0.3 is 9.84 Å². The van der Waals surface area contributed by atoms with Gasteiger partial charge in [0.1, 0.15) is 5.60 Å². The Balaban J connectivity index is 2.74. The van der Waals surface area contributed by atoms with Crippen LogP contribution >= 0.6 is 0 Å². The van der Waals surface area contributed by atoms with Gasteiger partial charge >= 0.3 is 12.1 Å². The molecule has 1 atom stereocenters. The predicted molar refractivity (Wildman–Crippen MR) is 58.4 cm³/mol. The normalized spacial score (nSPS) is 20.5. The second kappa shape index (κ2) is 4.73. The Kier molecular flexibility index (Phi) is 3.75. The monoisotopic (exact) mass is 243 g/mol. The zero-order valence-corrected chi connectivity index (χ0v) is 10.2. The number of rotatable bonds is 2. The highest BCUT2D eigenvalue weighted by Gasteiger charge is 2.39. The van der Waals surface area contributed by atoms with Crippen LogP contribution in [0.4, 0.5) is 4.79 Å². The Morgan fingerprint density at radius 3 is 2.53 bits per heavy atom. The van der Waals surface area contributed by atoms with Gasteiger partial charge in [-0.05, 0) is 27.2 Å². The number of carbonyl (C=O) groups excluding carboxylic acids is 2. The van der Waals surface area contributed by atoms with Crippen LogP contribution in [0.3, 0.4) is 0 Å². The summed E-state index contributed by atoms with van der Waals surface area (Å²) in [6.07, 6.45) is -0.418. The van der Waals surface area contributed by atoms with Gasteiger partial charge in [0.15, 0.2) is 0 Å². The van der Waals surface area contributed by atoms with Crippen molar-refractivity contribution in [1.82, 2.24) is 4.90 Å². The Bertz CT molecular complexity index is 344. The minimum atomic E-state index is -1.03. The van der Waals surface area contributed by atoms with Crippen LogP contribution in [-0.2, 0) is 14.3 Å². The summed E-state index contributed by atoms with van der Waals surface area (Å²) in [6, 6.07) is -0.588. The van der Waals surface area contributed by atoms with Gasteiger partial charge in [-0.1, -0.05) is 0 Å². The number of imide groups is 1. The van der Waals surface area contributed by atoms with Crippen molar-refractivity contribution < 1.29 is 24.2 Å². The molecule has 6 heteroatoms. The van der Waals surface area contributed by atoms with E-state index in [1.165, 1.54) is 0 Å². The summed E-state index contributed by atoms with van der Waals surface area (Å²) in [5, 5.41) is 8.70. The van der Waals surface area contributed by atoms with Crippen LogP contribution in [0.5, 0.6) is 0 Å². The lowest BCUT2D eigenvalue weighted by Gasteiger charge is -2.26. The Morgan fingerprint density at radius 2 is 2.06 bits per heavy atom. The molecule has 0 saturated carbocycles. The predicted octanol–water partition coefficient (Wildman–Crippen LogP) is 1.39. The zero-order valence-electron chi connectivity index (χ0n) is 10.2. The molecule has 1 rings (SSSR count). The van der Waals surface area contributed by atoms with Crippen LogP contribution in [0.2, 0.25) is 0 Å². The maximum Gasteiger partial charge on any atom is 0.417 e. The lowest BCUT2D eigenvalue weighted by molar-refractivity contribution is -0.138. The molecule has 1 fully saturated rings. The van der Waals surface area contributed by atoms with E-state index < -0.39 is 23.7 Å². The third-order valence-corrected chi connectivity index (χ3v) is 2.33. The number of ether oxygens (including phenoxy) is 1. The second-order valence-corrected chi connectivity index (χ2v) is 5.03. The average Bonchev–Trinajstić information content (AvgIpc) is 2.42. The van der Waals surface area contributed by atoms with Gasteiger partial charge in [0.05, 0.1) is 12.5 Å². The van der Waals surface area contributed by atoms with Gasteiger partial charge in [-0.3, -0.25) is 9.59 Å². The van der Waals surface area contributed by atoms with E-state index in [4.69, 9.17) is 9.84 Å². The molecular formula is C11H17NO5. The molecule has 6 nitrogen and oxygen atoms in total. The van der Waals surface area contributed by atoms with Crippen LogP contribution in [0.15, 0.2) is 0 Å². The first-order valence-electron chi connectivity index (χ1n) is 5.47. The summed E-state index contributed by atoms with van der Waals surface area (Å²) in [5.41, 5.74) is -0.701. The molecular weight excluding hydrogens is 226 g/mol. The lowest BCUT2D eigenvalue weighted by atomic mass is 10.1. The number of amides is 2. The molecule has 1 saturated heterocycles. The fraction of sp³-hybridized carbons (Fsp3) is 0.727. The van der Waals surface area contributed by atoms with E-state index in [1.54, 1.807) is 20.8 Å². The molecule has 1 aliphatic rings. The summed E-state index contributed by atoms with van der Waals surface area (Å²) < 4.78 is 5.08.